The van der Waals surface area contributed by atoms with E-state index in [0.717, 1.165) is 22.3 Å². The second-order valence-corrected chi connectivity index (χ2v) is 5.29. The zero-order chi connectivity index (χ0) is 14.1. The Morgan fingerprint density at radius 3 is 2.80 bits per heavy atom. The number of nitrogens with zero attached hydrogens (tertiary/aromatic N) is 3. The van der Waals surface area contributed by atoms with Crippen LogP contribution in [-0.4, -0.2) is 47.2 Å². The number of benzene rings is 1. The number of hydrogen-bond donors (Lipinski definition) is 1. The molecule has 1 aliphatic heterocycles. The van der Waals surface area contributed by atoms with Crippen LogP contribution >= 0.6 is 0 Å². The second-order valence-electron chi connectivity index (χ2n) is 5.29. The van der Waals surface area contributed by atoms with Crippen molar-refractivity contribution in [1.82, 2.24) is 10.2 Å². The standard InChI is InChI=1S/C15H19N3O2/c1-10-9-20-12(8-19)7-18(10)15-14-6-4-3-5-13(14)11(2)16-17-15/h3-6,10,12,19H,7-9H2,1-2H3. The molecular weight excluding hydrogens is 254 g/mol. The molecule has 1 aliphatic rings. The summed E-state index contributed by atoms with van der Waals surface area (Å²) in [5, 5.41) is 20.2. The highest BCUT2D eigenvalue weighted by Gasteiger charge is 2.28. The van der Waals surface area contributed by atoms with Crippen LogP contribution in [0.3, 0.4) is 0 Å². The minimum absolute atomic E-state index is 0.0282. The molecule has 0 amide bonds. The van der Waals surface area contributed by atoms with Crippen molar-refractivity contribution < 1.29 is 9.84 Å². The lowest BCUT2D eigenvalue weighted by Crippen LogP contribution is -2.50. The molecule has 3 rings (SSSR count). The highest BCUT2D eigenvalue weighted by molar-refractivity contribution is 5.93. The molecular formula is C15H19N3O2. The molecule has 5 heteroatoms. The number of morpholine rings is 1. The fourth-order valence-electron chi connectivity index (χ4n) is 2.66. The van der Waals surface area contributed by atoms with Crippen LogP contribution in [0.1, 0.15) is 12.6 Å². The summed E-state index contributed by atoms with van der Waals surface area (Å²) in [7, 11) is 0. The molecule has 2 unspecified atom stereocenters. The average Bonchev–Trinajstić information content (AvgIpc) is 2.49. The molecule has 106 valence electrons. The van der Waals surface area contributed by atoms with Gasteiger partial charge in [-0.3, -0.25) is 0 Å². The lowest BCUT2D eigenvalue weighted by molar-refractivity contribution is -0.0105. The summed E-state index contributed by atoms with van der Waals surface area (Å²) in [6.45, 7) is 5.33. The maximum Gasteiger partial charge on any atom is 0.159 e. The van der Waals surface area contributed by atoms with E-state index in [4.69, 9.17) is 4.74 Å². The number of ether oxygens (including phenoxy) is 1. The van der Waals surface area contributed by atoms with E-state index in [1.807, 2.05) is 19.1 Å². The lowest BCUT2D eigenvalue weighted by Gasteiger charge is -2.38. The molecule has 2 aromatic rings. The van der Waals surface area contributed by atoms with Crippen LogP contribution in [-0.2, 0) is 4.74 Å². The van der Waals surface area contributed by atoms with E-state index >= 15 is 0 Å². The largest absolute Gasteiger partial charge is 0.394 e. The smallest absolute Gasteiger partial charge is 0.159 e. The topological polar surface area (TPSA) is 58.5 Å². The Balaban J connectivity index is 2.07. The van der Waals surface area contributed by atoms with Crippen molar-refractivity contribution in [2.75, 3.05) is 24.7 Å². The maximum atomic E-state index is 9.31. The van der Waals surface area contributed by atoms with E-state index in [1.54, 1.807) is 0 Å². The van der Waals surface area contributed by atoms with E-state index in [1.165, 1.54) is 0 Å². The van der Waals surface area contributed by atoms with Gasteiger partial charge in [-0.2, -0.15) is 5.10 Å². The van der Waals surface area contributed by atoms with E-state index in [9.17, 15) is 5.11 Å². The summed E-state index contributed by atoms with van der Waals surface area (Å²) in [6.07, 6.45) is -0.159. The van der Waals surface area contributed by atoms with Crippen molar-refractivity contribution in [1.29, 1.82) is 0 Å². The van der Waals surface area contributed by atoms with Gasteiger partial charge in [0.1, 0.15) is 0 Å². The van der Waals surface area contributed by atoms with E-state index in [-0.39, 0.29) is 18.8 Å². The number of aliphatic hydroxyl groups is 1. The highest BCUT2D eigenvalue weighted by atomic mass is 16.5. The van der Waals surface area contributed by atoms with Crippen LogP contribution in [0.2, 0.25) is 0 Å². The highest BCUT2D eigenvalue weighted by Crippen LogP contribution is 2.28. The SMILES string of the molecule is Cc1nnc(N2CC(CO)OCC2C)c2ccccc12. The molecule has 20 heavy (non-hydrogen) atoms. The van der Waals surface area contributed by atoms with Gasteiger partial charge < -0.3 is 14.7 Å². The molecule has 0 radical (unpaired) electrons. The van der Waals surface area contributed by atoms with Crippen LogP contribution in [0.5, 0.6) is 0 Å². The molecule has 0 aliphatic carbocycles. The molecule has 1 N–H and O–H groups in total. The third-order valence-electron chi connectivity index (χ3n) is 3.83. The molecule has 1 aromatic heterocycles. The number of hydrogen-bond acceptors (Lipinski definition) is 5. The third kappa shape index (κ3) is 2.23. The number of aryl methyl sites for hydroxylation is 1. The first-order valence-corrected chi connectivity index (χ1v) is 6.92. The van der Waals surface area contributed by atoms with Gasteiger partial charge in [0.05, 0.1) is 31.1 Å². The summed E-state index contributed by atoms with van der Waals surface area (Å²) < 4.78 is 5.59. The van der Waals surface area contributed by atoms with Crippen LogP contribution in [0, 0.1) is 6.92 Å². The van der Waals surface area contributed by atoms with Gasteiger partial charge >= 0.3 is 0 Å². The Labute approximate surface area is 118 Å². The van der Waals surface area contributed by atoms with Gasteiger partial charge in [0.15, 0.2) is 5.82 Å². The molecule has 1 saturated heterocycles. The summed E-state index contributed by atoms with van der Waals surface area (Å²) >= 11 is 0. The Hall–Kier alpha value is -1.72. The van der Waals surface area contributed by atoms with E-state index in [0.29, 0.717) is 13.2 Å². The zero-order valence-corrected chi connectivity index (χ0v) is 11.8. The van der Waals surface area contributed by atoms with E-state index in [2.05, 4.69) is 34.2 Å². The Morgan fingerprint density at radius 2 is 2.05 bits per heavy atom. The van der Waals surface area contributed by atoms with E-state index < -0.39 is 0 Å². The van der Waals surface area contributed by atoms with Gasteiger partial charge in [-0.25, -0.2) is 0 Å². The Bertz CT molecular complexity index is 617. The number of aliphatic hydroxyl groups excluding tert-OH is 1. The maximum absolute atomic E-state index is 9.31. The monoisotopic (exact) mass is 273 g/mol. The summed E-state index contributed by atoms with van der Waals surface area (Å²) in [5.74, 6) is 0.875. The molecule has 0 saturated carbocycles. The van der Waals surface area contributed by atoms with Crippen LogP contribution in [0.15, 0.2) is 24.3 Å². The fourth-order valence-corrected chi connectivity index (χ4v) is 2.66. The molecule has 2 heterocycles. The van der Waals surface area contributed by atoms with Crippen molar-refractivity contribution in [3.05, 3.63) is 30.0 Å². The van der Waals surface area contributed by atoms with Crippen molar-refractivity contribution in [3.63, 3.8) is 0 Å². The number of fused-ring (bicyclic) bond motifs is 1. The summed E-state index contributed by atoms with van der Waals surface area (Å²) in [5.41, 5.74) is 0.934. The predicted molar refractivity (Wildman–Crippen MR) is 77.9 cm³/mol. The first-order valence-electron chi connectivity index (χ1n) is 6.92. The number of anilines is 1. The van der Waals surface area contributed by atoms with Gasteiger partial charge in [0.25, 0.3) is 0 Å². The molecule has 0 bridgehead atoms. The van der Waals surface area contributed by atoms with Gasteiger partial charge in [-0.05, 0) is 13.8 Å². The minimum Gasteiger partial charge on any atom is -0.394 e. The number of aromatic nitrogens is 2. The first kappa shape index (κ1) is 13.3. The molecule has 1 fully saturated rings. The second kappa shape index (κ2) is 5.34. The normalized spacial score (nSPS) is 23.2. The number of rotatable bonds is 2. The lowest BCUT2D eigenvalue weighted by atomic mass is 10.1. The first-order chi connectivity index (χ1) is 9.70. The molecule has 5 nitrogen and oxygen atoms in total. The van der Waals surface area contributed by atoms with Crippen LogP contribution in [0.4, 0.5) is 5.82 Å². The predicted octanol–water partition coefficient (Wildman–Crippen LogP) is 1.52. The average molecular weight is 273 g/mol. The Morgan fingerprint density at radius 1 is 1.30 bits per heavy atom. The van der Waals surface area contributed by atoms with Gasteiger partial charge in [0, 0.05) is 17.3 Å². The molecule has 0 spiro atoms. The quantitative estimate of drug-likeness (QED) is 0.899. The van der Waals surface area contributed by atoms with Crippen molar-refractivity contribution in [2.24, 2.45) is 0 Å². The Kier molecular flexibility index (Phi) is 3.54. The van der Waals surface area contributed by atoms with Gasteiger partial charge in [0.2, 0.25) is 0 Å². The van der Waals surface area contributed by atoms with Crippen LogP contribution in [0.25, 0.3) is 10.8 Å². The van der Waals surface area contributed by atoms with Crippen LogP contribution < -0.4 is 4.90 Å². The summed E-state index contributed by atoms with van der Waals surface area (Å²) in [4.78, 5) is 2.18. The minimum atomic E-state index is -0.159. The molecule has 2 atom stereocenters. The van der Waals surface area contributed by atoms with Crippen molar-refractivity contribution in [2.45, 2.75) is 26.0 Å². The fraction of sp³-hybridized carbons (Fsp3) is 0.467. The molecule has 1 aromatic carbocycles. The van der Waals surface area contributed by atoms with Crippen molar-refractivity contribution >= 4 is 16.6 Å². The zero-order valence-electron chi connectivity index (χ0n) is 11.8. The van der Waals surface area contributed by atoms with Crippen molar-refractivity contribution in [3.8, 4) is 0 Å². The summed E-state index contributed by atoms with van der Waals surface area (Å²) in [6, 6.07) is 8.39. The van der Waals surface area contributed by atoms with Gasteiger partial charge in [-0.1, -0.05) is 24.3 Å². The third-order valence-corrected chi connectivity index (χ3v) is 3.83. The van der Waals surface area contributed by atoms with Gasteiger partial charge in [-0.15, -0.1) is 5.10 Å².